The highest BCUT2D eigenvalue weighted by Gasteiger charge is 2.02. The zero-order chi connectivity index (χ0) is 27.6. The van der Waals surface area contributed by atoms with E-state index in [1.54, 1.807) is 0 Å². The van der Waals surface area contributed by atoms with Gasteiger partial charge in [0.15, 0.2) is 0 Å². The van der Waals surface area contributed by atoms with Crippen LogP contribution in [0.1, 0.15) is 180 Å². The van der Waals surface area contributed by atoms with Crippen LogP contribution in [0, 0.1) is 0 Å². The minimum absolute atomic E-state index is 0.00285. The first kappa shape index (κ1) is 36.7. The van der Waals surface area contributed by atoms with Crippen LogP contribution in [0.15, 0.2) is 12.2 Å². The zero-order valence-corrected chi connectivity index (χ0v) is 25.4. The van der Waals surface area contributed by atoms with Crippen LogP contribution in [0.2, 0.25) is 0 Å². The van der Waals surface area contributed by atoms with Crippen molar-refractivity contribution >= 4 is 12.4 Å². The number of rotatable bonds is 32. The number of esters is 1. The summed E-state index contributed by atoms with van der Waals surface area (Å²) in [5.74, 6) is -0.00285. The summed E-state index contributed by atoms with van der Waals surface area (Å²) in [6.45, 7) is 3.99. The van der Waals surface area contributed by atoms with Crippen molar-refractivity contribution < 1.29 is 19.1 Å². The Bertz CT molecular complexity index is 503. The Labute approximate surface area is 237 Å². The lowest BCUT2D eigenvalue weighted by atomic mass is 10.0. The van der Waals surface area contributed by atoms with Crippen molar-refractivity contribution in [3.05, 3.63) is 12.2 Å². The number of allylic oxidation sites excluding steroid dienone is 2. The average molecular weight is 537 g/mol. The molecule has 0 aromatic carbocycles. The zero-order valence-electron chi connectivity index (χ0n) is 25.4. The van der Waals surface area contributed by atoms with Crippen LogP contribution >= 0.6 is 0 Å². The highest BCUT2D eigenvalue weighted by Crippen LogP contribution is 2.13. The van der Waals surface area contributed by atoms with E-state index in [-0.39, 0.29) is 5.97 Å². The highest BCUT2D eigenvalue weighted by molar-refractivity contribution is 5.69. The second-order valence-electron chi connectivity index (χ2n) is 11.1. The molecule has 0 radical (unpaired) electrons. The Morgan fingerprint density at radius 2 is 0.895 bits per heavy atom. The molecule has 0 aliphatic rings. The van der Waals surface area contributed by atoms with Crippen molar-refractivity contribution in [1.82, 2.24) is 0 Å². The minimum Gasteiger partial charge on any atom is -0.468 e. The molecule has 4 heteroatoms. The molecule has 0 spiro atoms. The molecule has 0 aromatic heterocycles. The van der Waals surface area contributed by atoms with E-state index in [9.17, 15) is 9.59 Å². The predicted molar refractivity (Wildman–Crippen MR) is 162 cm³/mol. The van der Waals surface area contributed by atoms with Crippen LogP contribution in [-0.4, -0.2) is 25.7 Å². The van der Waals surface area contributed by atoms with Gasteiger partial charge in [-0.05, 0) is 44.9 Å². The van der Waals surface area contributed by atoms with E-state index in [4.69, 9.17) is 9.47 Å². The van der Waals surface area contributed by atoms with Crippen molar-refractivity contribution in [3.63, 3.8) is 0 Å². The highest BCUT2D eigenvalue weighted by atomic mass is 16.5. The van der Waals surface area contributed by atoms with Crippen LogP contribution in [0.5, 0.6) is 0 Å². The van der Waals surface area contributed by atoms with Gasteiger partial charge in [-0.15, -0.1) is 0 Å². The smallest absolute Gasteiger partial charge is 0.305 e. The van der Waals surface area contributed by atoms with Gasteiger partial charge in [0.25, 0.3) is 6.47 Å². The lowest BCUT2D eigenvalue weighted by Crippen LogP contribution is -2.05. The number of unbranched alkanes of at least 4 members (excludes halogenated alkanes) is 23. The molecule has 0 saturated heterocycles. The number of hydrogen-bond acceptors (Lipinski definition) is 4. The van der Waals surface area contributed by atoms with Gasteiger partial charge in [0.05, 0.1) is 13.2 Å². The van der Waals surface area contributed by atoms with Crippen molar-refractivity contribution in [2.24, 2.45) is 0 Å². The Balaban J connectivity index is 3.19. The average Bonchev–Trinajstić information content (AvgIpc) is 2.92. The molecular weight excluding hydrogens is 472 g/mol. The predicted octanol–water partition coefficient (Wildman–Crippen LogP) is 10.8. The summed E-state index contributed by atoms with van der Waals surface area (Å²) < 4.78 is 10.1. The molecular formula is C34H64O4. The summed E-state index contributed by atoms with van der Waals surface area (Å²) in [7, 11) is 0. The fraction of sp³-hybridized carbons (Fsp3) is 0.882. The van der Waals surface area contributed by atoms with Gasteiger partial charge in [0.2, 0.25) is 0 Å². The van der Waals surface area contributed by atoms with Crippen molar-refractivity contribution in [2.75, 3.05) is 13.2 Å². The number of carbonyl (C=O) groups is 2. The minimum atomic E-state index is -0.00285. The summed E-state index contributed by atoms with van der Waals surface area (Å²) >= 11 is 0. The lowest BCUT2D eigenvalue weighted by molar-refractivity contribution is -0.143. The monoisotopic (exact) mass is 536 g/mol. The molecule has 0 aromatic rings. The third-order valence-corrected chi connectivity index (χ3v) is 7.38. The molecule has 0 aliphatic heterocycles. The van der Waals surface area contributed by atoms with Crippen LogP contribution in [0.3, 0.4) is 0 Å². The summed E-state index contributed by atoms with van der Waals surface area (Å²) in [6, 6.07) is 0. The Hall–Kier alpha value is -1.32. The van der Waals surface area contributed by atoms with Crippen LogP contribution in [0.4, 0.5) is 0 Å². The largest absolute Gasteiger partial charge is 0.468 e. The van der Waals surface area contributed by atoms with Crippen LogP contribution < -0.4 is 0 Å². The van der Waals surface area contributed by atoms with Gasteiger partial charge in [-0.2, -0.15) is 0 Å². The second kappa shape index (κ2) is 33.7. The van der Waals surface area contributed by atoms with E-state index < -0.39 is 0 Å². The van der Waals surface area contributed by atoms with Gasteiger partial charge in [-0.3, -0.25) is 9.59 Å². The molecule has 224 valence electrons. The topological polar surface area (TPSA) is 52.6 Å². The Morgan fingerprint density at radius 3 is 1.37 bits per heavy atom. The SMILES string of the molecule is CCCCCCCC/C=C\CCCCCCCC(=O)OCCCCCCCCCCCCCCCOC=O. The second-order valence-corrected chi connectivity index (χ2v) is 11.1. The fourth-order valence-electron chi connectivity index (χ4n) is 4.88. The molecule has 0 unspecified atom stereocenters. The van der Waals surface area contributed by atoms with Gasteiger partial charge >= 0.3 is 5.97 Å². The molecule has 38 heavy (non-hydrogen) atoms. The van der Waals surface area contributed by atoms with E-state index >= 15 is 0 Å². The standard InChI is InChI=1S/C34H64O4/c1-2-3-4-5-6-7-8-9-10-12-15-18-21-24-27-30-34(36)38-32-29-26-23-20-17-14-11-13-16-19-22-25-28-31-37-33-35/h9-10,33H,2-8,11-32H2,1H3/b10-9-. The molecule has 0 heterocycles. The summed E-state index contributed by atoms with van der Waals surface area (Å²) in [5, 5.41) is 0. The van der Waals surface area contributed by atoms with E-state index in [0.29, 0.717) is 26.1 Å². The first-order valence-corrected chi connectivity index (χ1v) is 16.7. The van der Waals surface area contributed by atoms with Crippen LogP contribution in [-0.2, 0) is 19.1 Å². The maximum Gasteiger partial charge on any atom is 0.305 e. The molecule has 0 atom stereocenters. The third kappa shape index (κ3) is 32.7. The number of ether oxygens (including phenoxy) is 2. The molecule has 0 bridgehead atoms. The maximum absolute atomic E-state index is 11.9. The van der Waals surface area contributed by atoms with E-state index in [1.807, 2.05) is 0 Å². The van der Waals surface area contributed by atoms with E-state index in [0.717, 1.165) is 25.7 Å². The van der Waals surface area contributed by atoms with Gasteiger partial charge in [-0.1, -0.05) is 141 Å². The summed E-state index contributed by atoms with van der Waals surface area (Å²) in [4.78, 5) is 21.9. The molecule has 4 nitrogen and oxygen atoms in total. The number of carbonyl (C=O) groups excluding carboxylic acids is 2. The molecule has 0 rings (SSSR count). The molecule has 0 aliphatic carbocycles. The Morgan fingerprint density at radius 1 is 0.500 bits per heavy atom. The first-order chi connectivity index (χ1) is 18.8. The third-order valence-electron chi connectivity index (χ3n) is 7.38. The van der Waals surface area contributed by atoms with Gasteiger partial charge in [0.1, 0.15) is 0 Å². The molecule has 0 amide bonds. The van der Waals surface area contributed by atoms with E-state index in [1.165, 1.54) is 141 Å². The van der Waals surface area contributed by atoms with Gasteiger partial charge in [0, 0.05) is 6.42 Å². The van der Waals surface area contributed by atoms with Gasteiger partial charge < -0.3 is 9.47 Å². The number of hydrogen-bond donors (Lipinski definition) is 0. The molecule has 0 fully saturated rings. The Kier molecular flexibility index (Phi) is 32.5. The first-order valence-electron chi connectivity index (χ1n) is 16.7. The summed E-state index contributed by atoms with van der Waals surface area (Å²) in [6.07, 6.45) is 38.1. The van der Waals surface area contributed by atoms with Crippen LogP contribution in [0.25, 0.3) is 0 Å². The molecule has 0 N–H and O–H groups in total. The van der Waals surface area contributed by atoms with E-state index in [2.05, 4.69) is 19.1 Å². The van der Waals surface area contributed by atoms with Crippen molar-refractivity contribution in [3.8, 4) is 0 Å². The van der Waals surface area contributed by atoms with Gasteiger partial charge in [-0.25, -0.2) is 0 Å². The van der Waals surface area contributed by atoms with Crippen molar-refractivity contribution in [1.29, 1.82) is 0 Å². The van der Waals surface area contributed by atoms with Crippen molar-refractivity contribution in [2.45, 2.75) is 180 Å². The molecule has 0 saturated carbocycles. The maximum atomic E-state index is 11.9. The quantitative estimate of drug-likeness (QED) is 0.0371. The lowest BCUT2D eigenvalue weighted by Gasteiger charge is -2.05. The summed E-state index contributed by atoms with van der Waals surface area (Å²) in [5.41, 5.74) is 0. The normalized spacial score (nSPS) is 11.3. The fourth-order valence-corrected chi connectivity index (χ4v) is 4.88.